The van der Waals surface area contributed by atoms with E-state index in [4.69, 9.17) is 0 Å². The lowest BCUT2D eigenvalue weighted by molar-refractivity contribution is 0.0634. The van der Waals surface area contributed by atoms with Gasteiger partial charge < -0.3 is 15.1 Å². The molecule has 0 aliphatic heterocycles. The summed E-state index contributed by atoms with van der Waals surface area (Å²) in [6, 6.07) is 12.5. The first kappa shape index (κ1) is 17.0. The van der Waals surface area contributed by atoms with E-state index in [-0.39, 0.29) is 18.2 Å². The van der Waals surface area contributed by atoms with Crippen molar-refractivity contribution >= 4 is 5.91 Å². The third-order valence-corrected chi connectivity index (χ3v) is 4.06. The summed E-state index contributed by atoms with van der Waals surface area (Å²) in [5, 5.41) is 20.2. The van der Waals surface area contributed by atoms with Gasteiger partial charge in [-0.25, -0.2) is 0 Å². The molecule has 0 spiro atoms. The monoisotopic (exact) mass is 313 g/mol. The second kappa shape index (κ2) is 7.29. The maximum atomic E-state index is 12.7. The number of hydrogen-bond acceptors (Lipinski definition) is 3. The molecule has 0 aliphatic rings. The molecule has 0 saturated carbocycles. The van der Waals surface area contributed by atoms with E-state index in [1.165, 1.54) is 0 Å². The first-order valence-electron chi connectivity index (χ1n) is 7.76. The van der Waals surface area contributed by atoms with Crippen molar-refractivity contribution in [3.8, 4) is 5.75 Å². The van der Waals surface area contributed by atoms with Crippen LogP contribution in [0.3, 0.4) is 0 Å². The molecule has 0 fully saturated rings. The van der Waals surface area contributed by atoms with Crippen LogP contribution in [0.5, 0.6) is 5.75 Å². The molecule has 122 valence electrons. The van der Waals surface area contributed by atoms with Crippen molar-refractivity contribution in [3.05, 3.63) is 64.7 Å². The van der Waals surface area contributed by atoms with Gasteiger partial charge in [-0.3, -0.25) is 4.79 Å². The van der Waals surface area contributed by atoms with Gasteiger partial charge in [0.15, 0.2) is 0 Å². The number of phenolic OH excluding ortho intramolecular Hbond substituents is 1. The van der Waals surface area contributed by atoms with Crippen molar-refractivity contribution in [1.29, 1.82) is 0 Å². The average Bonchev–Trinajstić information content (AvgIpc) is 2.55. The van der Waals surface area contributed by atoms with Crippen molar-refractivity contribution in [3.63, 3.8) is 0 Å². The van der Waals surface area contributed by atoms with Gasteiger partial charge >= 0.3 is 0 Å². The Morgan fingerprint density at radius 2 is 1.78 bits per heavy atom. The molecule has 0 heterocycles. The summed E-state index contributed by atoms with van der Waals surface area (Å²) in [5.74, 6) is -0.0851. The largest absolute Gasteiger partial charge is 0.508 e. The highest BCUT2D eigenvalue weighted by Gasteiger charge is 2.21. The summed E-state index contributed by atoms with van der Waals surface area (Å²) in [6.45, 7) is 6.28. The molecule has 2 aromatic rings. The topological polar surface area (TPSA) is 60.8 Å². The number of carbonyl (C=O) groups is 1. The molecule has 0 saturated heterocycles. The minimum absolute atomic E-state index is 0.103. The Balaban J connectivity index is 2.17. The van der Waals surface area contributed by atoms with Crippen LogP contribution in [0.4, 0.5) is 0 Å². The predicted molar refractivity (Wildman–Crippen MR) is 90.6 cm³/mol. The third-order valence-electron chi connectivity index (χ3n) is 4.06. The summed E-state index contributed by atoms with van der Waals surface area (Å²) in [6.07, 6.45) is -0.739. The summed E-state index contributed by atoms with van der Waals surface area (Å²) >= 11 is 0. The van der Waals surface area contributed by atoms with Crippen LogP contribution >= 0.6 is 0 Å². The van der Waals surface area contributed by atoms with Gasteiger partial charge in [0.05, 0.1) is 12.6 Å². The van der Waals surface area contributed by atoms with E-state index in [0.29, 0.717) is 17.7 Å². The molecular weight excluding hydrogens is 290 g/mol. The normalized spacial score (nSPS) is 12.0. The van der Waals surface area contributed by atoms with Crippen LogP contribution in [0.25, 0.3) is 0 Å². The molecule has 23 heavy (non-hydrogen) atoms. The maximum Gasteiger partial charge on any atom is 0.254 e. The molecule has 2 aromatic carbocycles. The average molecular weight is 313 g/mol. The van der Waals surface area contributed by atoms with Gasteiger partial charge in [0.25, 0.3) is 5.91 Å². The number of carbonyl (C=O) groups excluding carboxylic acids is 1. The summed E-state index contributed by atoms with van der Waals surface area (Å²) in [4.78, 5) is 14.3. The van der Waals surface area contributed by atoms with E-state index in [2.05, 4.69) is 0 Å². The fraction of sp³-hybridized carbons (Fsp3) is 0.316. The minimum atomic E-state index is -0.739. The van der Waals surface area contributed by atoms with E-state index in [0.717, 1.165) is 11.1 Å². The van der Waals surface area contributed by atoms with Gasteiger partial charge in [0.2, 0.25) is 0 Å². The minimum Gasteiger partial charge on any atom is -0.508 e. The van der Waals surface area contributed by atoms with Gasteiger partial charge in [-0.1, -0.05) is 35.9 Å². The lowest BCUT2D eigenvalue weighted by Gasteiger charge is -2.25. The molecule has 0 bridgehead atoms. The second-order valence-corrected chi connectivity index (χ2v) is 5.72. The molecule has 1 unspecified atom stereocenters. The van der Waals surface area contributed by atoms with E-state index < -0.39 is 6.10 Å². The number of aliphatic hydroxyl groups excluding tert-OH is 1. The fourth-order valence-electron chi connectivity index (χ4n) is 2.48. The molecule has 1 amide bonds. The second-order valence-electron chi connectivity index (χ2n) is 5.72. The van der Waals surface area contributed by atoms with Crippen molar-refractivity contribution in [2.24, 2.45) is 0 Å². The van der Waals surface area contributed by atoms with Gasteiger partial charge in [-0.05, 0) is 38.5 Å². The van der Waals surface area contributed by atoms with E-state index in [1.54, 1.807) is 30.0 Å². The number of aryl methyl sites for hydroxylation is 1. The Morgan fingerprint density at radius 3 is 2.39 bits per heavy atom. The van der Waals surface area contributed by atoms with Crippen LogP contribution in [0.2, 0.25) is 0 Å². The Kier molecular flexibility index (Phi) is 5.40. The smallest absolute Gasteiger partial charge is 0.254 e. The number of aliphatic hydroxyl groups is 1. The van der Waals surface area contributed by atoms with Crippen molar-refractivity contribution in [2.45, 2.75) is 26.9 Å². The Hall–Kier alpha value is -2.33. The molecule has 0 aliphatic carbocycles. The molecule has 4 nitrogen and oxygen atoms in total. The summed E-state index contributed by atoms with van der Waals surface area (Å²) in [5.41, 5.74) is 2.93. The first-order valence-corrected chi connectivity index (χ1v) is 7.76. The molecule has 1 atom stereocenters. The molecular formula is C19H23NO3. The zero-order valence-corrected chi connectivity index (χ0v) is 13.8. The number of aromatic hydroxyl groups is 1. The number of nitrogens with zero attached hydrogens (tertiary/aromatic N) is 1. The van der Waals surface area contributed by atoms with Crippen LogP contribution in [-0.2, 0) is 0 Å². The summed E-state index contributed by atoms with van der Waals surface area (Å²) in [7, 11) is 0. The van der Waals surface area contributed by atoms with Crippen molar-refractivity contribution in [1.82, 2.24) is 4.90 Å². The van der Waals surface area contributed by atoms with Crippen molar-refractivity contribution in [2.75, 3.05) is 13.1 Å². The van der Waals surface area contributed by atoms with Crippen LogP contribution in [0.1, 0.15) is 40.1 Å². The standard InChI is InChI=1S/C19H23NO3/c1-4-20(12-18(22)15-10-8-13(2)9-11-15)19(23)16-6-5-7-17(21)14(16)3/h5-11,18,21-22H,4,12H2,1-3H3. The highest BCUT2D eigenvalue weighted by atomic mass is 16.3. The number of rotatable bonds is 5. The van der Waals surface area contributed by atoms with Gasteiger partial charge in [-0.2, -0.15) is 0 Å². The lowest BCUT2D eigenvalue weighted by Crippen LogP contribution is -2.35. The maximum absolute atomic E-state index is 12.7. The predicted octanol–water partition coefficient (Wildman–Crippen LogP) is 3.20. The fourth-order valence-corrected chi connectivity index (χ4v) is 2.48. The number of phenols is 1. The van der Waals surface area contributed by atoms with Crippen LogP contribution in [0, 0.1) is 13.8 Å². The van der Waals surface area contributed by atoms with Crippen LogP contribution in [0.15, 0.2) is 42.5 Å². The zero-order chi connectivity index (χ0) is 17.0. The molecule has 2 N–H and O–H groups in total. The number of amides is 1. The van der Waals surface area contributed by atoms with Gasteiger partial charge in [0, 0.05) is 17.7 Å². The van der Waals surface area contributed by atoms with E-state index in [9.17, 15) is 15.0 Å². The lowest BCUT2D eigenvalue weighted by atomic mass is 10.0. The molecule has 4 heteroatoms. The van der Waals surface area contributed by atoms with Crippen molar-refractivity contribution < 1.29 is 15.0 Å². The highest BCUT2D eigenvalue weighted by molar-refractivity contribution is 5.96. The Morgan fingerprint density at radius 1 is 1.13 bits per heavy atom. The highest BCUT2D eigenvalue weighted by Crippen LogP contribution is 2.22. The first-order chi connectivity index (χ1) is 10.9. The Bertz CT molecular complexity index is 680. The SMILES string of the molecule is CCN(CC(O)c1ccc(C)cc1)C(=O)c1cccc(O)c1C. The quantitative estimate of drug-likeness (QED) is 0.891. The van der Waals surface area contributed by atoms with E-state index in [1.807, 2.05) is 38.1 Å². The number of benzene rings is 2. The van der Waals surface area contributed by atoms with Crippen LogP contribution < -0.4 is 0 Å². The molecule has 2 rings (SSSR count). The third kappa shape index (κ3) is 3.90. The molecule has 0 radical (unpaired) electrons. The Labute approximate surface area is 137 Å². The van der Waals surface area contributed by atoms with E-state index >= 15 is 0 Å². The van der Waals surface area contributed by atoms with Gasteiger partial charge in [0.1, 0.15) is 5.75 Å². The molecule has 0 aromatic heterocycles. The summed E-state index contributed by atoms with van der Waals surface area (Å²) < 4.78 is 0. The zero-order valence-electron chi connectivity index (χ0n) is 13.8. The number of likely N-dealkylation sites (N-methyl/N-ethyl adjacent to an activating group) is 1. The number of hydrogen-bond donors (Lipinski definition) is 2. The van der Waals surface area contributed by atoms with Crippen LogP contribution in [-0.4, -0.2) is 34.1 Å². The van der Waals surface area contributed by atoms with Gasteiger partial charge in [-0.15, -0.1) is 0 Å².